The Morgan fingerprint density at radius 3 is 2.88 bits per heavy atom. The average molecular weight is 132 g/mol. The van der Waals surface area contributed by atoms with Crippen molar-refractivity contribution in [2.45, 2.75) is 0 Å². The van der Waals surface area contributed by atoms with E-state index in [0.29, 0.717) is 0 Å². The Hall–Kier alpha value is -0.610. The predicted molar refractivity (Wildman–Crippen MR) is 36.1 cm³/mol. The molecule has 3 nitrogen and oxygen atoms in total. The molecular weight excluding hydrogens is 124 g/mol. The quantitative estimate of drug-likeness (QED) is 0.414. The molecule has 0 aromatic heterocycles. The molecule has 0 bridgehead atoms. The van der Waals surface area contributed by atoms with Crippen molar-refractivity contribution in [3.63, 3.8) is 0 Å². The van der Waals surface area contributed by atoms with Crippen molar-refractivity contribution >= 4 is 17.4 Å². The van der Waals surface area contributed by atoms with Gasteiger partial charge in [0, 0.05) is 7.05 Å². The third kappa shape index (κ3) is 3.58. The van der Waals surface area contributed by atoms with Gasteiger partial charge in [-0.1, -0.05) is 6.58 Å². The number of nitrogens with one attached hydrogen (secondary N) is 2. The number of thiocarbonyl (C=S) groups is 1. The molecule has 0 spiro atoms. The van der Waals surface area contributed by atoms with Crippen molar-refractivity contribution in [3.05, 3.63) is 12.8 Å². The van der Waals surface area contributed by atoms with Gasteiger partial charge in [-0.3, -0.25) is 0 Å². The van der Waals surface area contributed by atoms with Crippen LogP contribution in [0.4, 0.5) is 0 Å². The molecule has 0 heterocycles. The zero-order valence-electron chi connectivity index (χ0n) is 4.60. The van der Waals surface area contributed by atoms with Gasteiger partial charge >= 0.3 is 0 Å². The van der Waals surface area contributed by atoms with E-state index in [1.54, 1.807) is 7.05 Å². The molecule has 2 N–H and O–H groups in total. The molecule has 0 atom stereocenters. The molecule has 0 saturated heterocycles. The third-order valence-electron chi connectivity index (χ3n) is 0.415. The highest BCUT2D eigenvalue weighted by molar-refractivity contribution is 7.80. The largest absolute Gasteiger partial charge is 0.378 e. The lowest BCUT2D eigenvalue weighted by atomic mass is 11.0. The van der Waals surface area contributed by atoms with E-state index in [1.807, 2.05) is 0 Å². The van der Waals surface area contributed by atoms with Crippen LogP contribution in [0.5, 0.6) is 0 Å². The van der Waals surface area contributed by atoms with Gasteiger partial charge in [0.1, 0.15) is 0 Å². The van der Waals surface area contributed by atoms with Crippen molar-refractivity contribution in [1.82, 2.24) is 10.8 Å². The van der Waals surface area contributed by atoms with E-state index in [0.717, 1.165) is 0 Å². The van der Waals surface area contributed by atoms with Crippen LogP contribution in [0.3, 0.4) is 0 Å². The first-order valence-electron chi connectivity index (χ1n) is 2.06. The van der Waals surface area contributed by atoms with Crippen LogP contribution in [0.2, 0.25) is 0 Å². The molecule has 0 amide bonds. The van der Waals surface area contributed by atoms with Crippen LogP contribution in [0.1, 0.15) is 0 Å². The van der Waals surface area contributed by atoms with Crippen LogP contribution in [0.15, 0.2) is 12.8 Å². The Bertz CT molecular complexity index is 94.0. The maximum absolute atomic E-state index is 4.59. The van der Waals surface area contributed by atoms with Gasteiger partial charge in [-0.15, -0.1) is 0 Å². The Labute approximate surface area is 53.7 Å². The normalized spacial score (nSPS) is 7.62. The van der Waals surface area contributed by atoms with Gasteiger partial charge in [0.05, 0.1) is 0 Å². The second kappa shape index (κ2) is 4.55. The summed E-state index contributed by atoms with van der Waals surface area (Å²) in [4.78, 5) is 4.58. The lowest BCUT2D eigenvalue weighted by Gasteiger charge is -2.00. The topological polar surface area (TPSA) is 33.3 Å². The van der Waals surface area contributed by atoms with Gasteiger partial charge in [0.2, 0.25) is 0 Å². The summed E-state index contributed by atoms with van der Waals surface area (Å²) in [5.41, 5.74) is 2.40. The third-order valence-corrected chi connectivity index (χ3v) is 0.616. The average Bonchev–Trinajstić information content (AvgIpc) is 1.68. The minimum Gasteiger partial charge on any atom is -0.378 e. The van der Waals surface area contributed by atoms with Crippen LogP contribution in [-0.4, -0.2) is 12.2 Å². The Kier molecular flexibility index (Phi) is 4.20. The zero-order chi connectivity index (χ0) is 6.41. The number of hydroxylamine groups is 1. The van der Waals surface area contributed by atoms with Crippen LogP contribution in [-0.2, 0) is 4.84 Å². The van der Waals surface area contributed by atoms with E-state index in [2.05, 4.69) is 34.4 Å². The second-order valence-electron chi connectivity index (χ2n) is 0.942. The van der Waals surface area contributed by atoms with Crippen molar-refractivity contribution in [3.8, 4) is 0 Å². The molecule has 0 radical (unpaired) electrons. The van der Waals surface area contributed by atoms with Crippen LogP contribution < -0.4 is 10.8 Å². The second-order valence-corrected chi connectivity index (χ2v) is 1.31. The highest BCUT2D eigenvalue weighted by atomic mass is 32.1. The predicted octanol–water partition coefficient (Wildman–Crippen LogP) is 0.155. The fraction of sp³-hybridized carbons (Fsp3) is 0.250. The maximum Gasteiger partial charge on any atom is 0.282 e. The molecule has 4 heteroatoms. The zero-order valence-corrected chi connectivity index (χ0v) is 5.42. The number of rotatable bonds is 2. The Morgan fingerprint density at radius 2 is 2.50 bits per heavy atom. The van der Waals surface area contributed by atoms with E-state index in [-0.39, 0.29) is 5.17 Å². The maximum atomic E-state index is 4.59. The lowest BCUT2D eigenvalue weighted by Crippen LogP contribution is -2.23. The van der Waals surface area contributed by atoms with Gasteiger partial charge in [-0.25, -0.2) is 0 Å². The fourth-order valence-electron chi connectivity index (χ4n) is 0.205. The highest BCUT2D eigenvalue weighted by Crippen LogP contribution is 1.68. The van der Waals surface area contributed by atoms with E-state index >= 15 is 0 Å². The summed E-state index contributed by atoms with van der Waals surface area (Å²) in [6.07, 6.45) is 1.44. The fourth-order valence-corrected chi connectivity index (χ4v) is 0.372. The van der Waals surface area contributed by atoms with E-state index in [1.165, 1.54) is 6.20 Å². The summed E-state index contributed by atoms with van der Waals surface area (Å²) in [5, 5.41) is 2.82. The molecule has 0 unspecified atom stereocenters. The molecule has 46 valence electrons. The van der Waals surface area contributed by atoms with Gasteiger partial charge in [0.15, 0.2) is 0 Å². The summed E-state index contributed by atoms with van der Waals surface area (Å²) in [6, 6.07) is 0. The molecule has 0 aromatic carbocycles. The lowest BCUT2D eigenvalue weighted by molar-refractivity contribution is 0.208. The van der Waals surface area contributed by atoms with Crippen molar-refractivity contribution in [2.24, 2.45) is 0 Å². The molecule has 0 fully saturated rings. The Balaban J connectivity index is 3.18. The summed E-state index contributed by atoms with van der Waals surface area (Å²) in [7, 11) is 1.62. The first-order chi connectivity index (χ1) is 3.81. The standard InChI is InChI=1S/C4H8N2OS/c1-3-6-4(8)7-5-2/h3,5H,1H2,2H3,(H,6,8). The molecule has 0 aliphatic rings. The summed E-state index contributed by atoms with van der Waals surface area (Å²) in [5.74, 6) is 0. The van der Waals surface area contributed by atoms with E-state index < -0.39 is 0 Å². The molecule has 0 aliphatic heterocycles. The van der Waals surface area contributed by atoms with E-state index in [9.17, 15) is 0 Å². The van der Waals surface area contributed by atoms with Crippen LogP contribution >= 0.6 is 12.2 Å². The summed E-state index contributed by atoms with van der Waals surface area (Å²) >= 11 is 4.59. The Morgan fingerprint density at radius 1 is 1.88 bits per heavy atom. The minimum absolute atomic E-state index is 0.266. The van der Waals surface area contributed by atoms with Crippen LogP contribution in [0.25, 0.3) is 0 Å². The minimum atomic E-state index is 0.266. The molecule has 8 heavy (non-hydrogen) atoms. The first kappa shape index (κ1) is 7.39. The molecular formula is C4H8N2OS. The van der Waals surface area contributed by atoms with Gasteiger partial charge < -0.3 is 10.2 Å². The van der Waals surface area contributed by atoms with Gasteiger partial charge in [-0.2, -0.15) is 5.48 Å². The van der Waals surface area contributed by atoms with Gasteiger partial charge in [-0.05, 0) is 18.4 Å². The SMILES string of the molecule is C=CNC(=S)ONC. The smallest absolute Gasteiger partial charge is 0.282 e. The molecule has 0 rings (SSSR count). The van der Waals surface area contributed by atoms with Crippen molar-refractivity contribution in [2.75, 3.05) is 7.05 Å². The highest BCUT2D eigenvalue weighted by Gasteiger charge is 1.85. The summed E-state index contributed by atoms with van der Waals surface area (Å²) < 4.78 is 0. The van der Waals surface area contributed by atoms with Crippen molar-refractivity contribution in [1.29, 1.82) is 0 Å². The number of hydrogen-bond donors (Lipinski definition) is 2. The molecule has 0 saturated carbocycles. The monoisotopic (exact) mass is 132 g/mol. The van der Waals surface area contributed by atoms with Crippen LogP contribution in [0, 0.1) is 0 Å². The first-order valence-corrected chi connectivity index (χ1v) is 2.47. The van der Waals surface area contributed by atoms with E-state index in [4.69, 9.17) is 0 Å². The molecule has 0 aromatic rings. The van der Waals surface area contributed by atoms with Crippen molar-refractivity contribution < 1.29 is 4.84 Å². The molecule has 0 aliphatic carbocycles. The summed E-state index contributed by atoms with van der Waals surface area (Å²) in [6.45, 7) is 3.38. The number of hydrogen-bond acceptors (Lipinski definition) is 3. The van der Waals surface area contributed by atoms with Gasteiger partial charge in [0.25, 0.3) is 5.17 Å².